The van der Waals surface area contributed by atoms with Crippen molar-refractivity contribution in [1.29, 1.82) is 0 Å². The average molecular weight is 217 g/mol. The zero-order valence-electron chi connectivity index (χ0n) is 7.53. The number of nitrogens with zero attached hydrogens (tertiary/aromatic N) is 1. The maximum atomic E-state index is 5.95. The lowest BCUT2D eigenvalue weighted by Crippen LogP contribution is -2.07. The highest BCUT2D eigenvalue weighted by Crippen LogP contribution is 2.28. The highest BCUT2D eigenvalue weighted by molar-refractivity contribution is 7.99. The van der Waals surface area contributed by atoms with E-state index in [9.17, 15) is 0 Å². The Morgan fingerprint density at radius 3 is 3.08 bits per heavy atom. The Morgan fingerprint density at radius 1 is 1.69 bits per heavy atom. The fourth-order valence-electron chi connectivity index (χ4n) is 0.942. The summed E-state index contributed by atoms with van der Waals surface area (Å²) < 4.78 is 0. The maximum Gasteiger partial charge on any atom is 0.115 e. The molecule has 1 atom stereocenters. The van der Waals surface area contributed by atoms with Crippen molar-refractivity contribution in [1.82, 2.24) is 4.98 Å². The summed E-state index contributed by atoms with van der Waals surface area (Å²) in [5.41, 5.74) is 5.45. The van der Waals surface area contributed by atoms with E-state index in [-0.39, 0.29) is 0 Å². The van der Waals surface area contributed by atoms with E-state index in [0.717, 1.165) is 16.5 Å². The van der Waals surface area contributed by atoms with E-state index in [1.165, 1.54) is 0 Å². The van der Waals surface area contributed by atoms with Gasteiger partial charge in [-0.1, -0.05) is 18.5 Å². The van der Waals surface area contributed by atoms with Gasteiger partial charge in [0.1, 0.15) is 5.03 Å². The normalized spacial score (nSPS) is 12.8. The number of nitrogens with two attached hydrogens (primary N) is 1. The highest BCUT2D eigenvalue weighted by atomic mass is 35.5. The fraction of sp³-hybridized carbons (Fsp3) is 0.444. The summed E-state index contributed by atoms with van der Waals surface area (Å²) in [6.07, 6.45) is 2.74. The molecule has 0 radical (unpaired) electrons. The third kappa shape index (κ3) is 3.55. The van der Waals surface area contributed by atoms with Crippen LogP contribution in [0.3, 0.4) is 0 Å². The Labute approximate surface area is 87.9 Å². The molecule has 2 nitrogen and oxygen atoms in total. The molecule has 0 spiro atoms. The van der Waals surface area contributed by atoms with E-state index in [4.69, 9.17) is 17.3 Å². The van der Waals surface area contributed by atoms with Crippen molar-refractivity contribution in [2.75, 3.05) is 6.54 Å². The second-order valence-electron chi connectivity index (χ2n) is 2.80. The number of rotatable bonds is 4. The van der Waals surface area contributed by atoms with E-state index in [0.29, 0.717) is 11.8 Å². The Balaban J connectivity index is 2.58. The van der Waals surface area contributed by atoms with Gasteiger partial charge in [-0.3, -0.25) is 0 Å². The molecule has 0 saturated carbocycles. The third-order valence-electron chi connectivity index (χ3n) is 1.61. The molecule has 0 amide bonds. The Bertz CT molecular complexity index is 268. The Morgan fingerprint density at radius 2 is 2.46 bits per heavy atom. The van der Waals surface area contributed by atoms with Crippen LogP contribution in [0.15, 0.2) is 23.4 Å². The molecule has 1 aromatic heterocycles. The molecule has 0 aliphatic carbocycles. The van der Waals surface area contributed by atoms with Crippen LogP contribution in [-0.2, 0) is 0 Å². The molecule has 1 heterocycles. The van der Waals surface area contributed by atoms with Crippen LogP contribution < -0.4 is 5.73 Å². The summed E-state index contributed by atoms with van der Waals surface area (Å²) in [6, 6.07) is 3.69. The summed E-state index contributed by atoms with van der Waals surface area (Å²) in [4.78, 5) is 4.19. The molecular weight excluding hydrogens is 204 g/mol. The van der Waals surface area contributed by atoms with Crippen LogP contribution in [0.1, 0.15) is 13.3 Å². The molecular formula is C9H13ClN2S. The number of halogens is 1. The molecule has 0 bridgehead atoms. The predicted octanol–water partition coefficient (Wildman–Crippen LogP) is 2.56. The lowest BCUT2D eigenvalue weighted by Gasteiger charge is -2.09. The quantitative estimate of drug-likeness (QED) is 0.787. The van der Waals surface area contributed by atoms with Gasteiger partial charge in [0.05, 0.1) is 5.02 Å². The summed E-state index contributed by atoms with van der Waals surface area (Å²) in [6.45, 7) is 2.83. The molecule has 0 aliphatic rings. The topological polar surface area (TPSA) is 38.9 Å². The van der Waals surface area contributed by atoms with Gasteiger partial charge in [0, 0.05) is 11.4 Å². The van der Waals surface area contributed by atoms with Crippen LogP contribution in [0.2, 0.25) is 5.02 Å². The van der Waals surface area contributed by atoms with Crippen molar-refractivity contribution >= 4 is 23.4 Å². The molecule has 1 aromatic rings. The maximum absolute atomic E-state index is 5.95. The van der Waals surface area contributed by atoms with Crippen molar-refractivity contribution in [3.05, 3.63) is 23.4 Å². The lowest BCUT2D eigenvalue weighted by atomic mass is 10.3. The molecule has 2 N–H and O–H groups in total. The van der Waals surface area contributed by atoms with Gasteiger partial charge in [-0.15, -0.1) is 11.8 Å². The number of pyridine rings is 1. The summed E-state index contributed by atoms with van der Waals surface area (Å²) >= 11 is 7.63. The monoisotopic (exact) mass is 216 g/mol. The minimum absolute atomic E-state index is 0.470. The second-order valence-corrected chi connectivity index (χ2v) is 4.63. The molecule has 13 heavy (non-hydrogen) atoms. The molecule has 0 aromatic carbocycles. The van der Waals surface area contributed by atoms with E-state index in [1.54, 1.807) is 18.0 Å². The number of hydrogen-bond acceptors (Lipinski definition) is 3. The van der Waals surface area contributed by atoms with E-state index < -0.39 is 0 Å². The number of aromatic nitrogens is 1. The number of thioether (sulfide) groups is 1. The molecule has 72 valence electrons. The van der Waals surface area contributed by atoms with Gasteiger partial charge in [-0.25, -0.2) is 4.98 Å². The molecule has 0 fully saturated rings. The van der Waals surface area contributed by atoms with Crippen molar-refractivity contribution in [3.8, 4) is 0 Å². The molecule has 1 unspecified atom stereocenters. The zero-order valence-corrected chi connectivity index (χ0v) is 9.11. The van der Waals surface area contributed by atoms with Crippen molar-refractivity contribution in [3.63, 3.8) is 0 Å². The first-order valence-corrected chi connectivity index (χ1v) is 5.47. The van der Waals surface area contributed by atoms with Crippen molar-refractivity contribution in [2.45, 2.75) is 23.6 Å². The Hall–Kier alpha value is -0.250. The van der Waals surface area contributed by atoms with Crippen molar-refractivity contribution < 1.29 is 0 Å². The van der Waals surface area contributed by atoms with Crippen LogP contribution in [0.5, 0.6) is 0 Å². The summed E-state index contributed by atoms with van der Waals surface area (Å²) in [5.74, 6) is 0. The SMILES string of the molecule is CC(CCN)Sc1ncccc1Cl. The van der Waals surface area contributed by atoms with Crippen LogP contribution in [-0.4, -0.2) is 16.8 Å². The minimum atomic E-state index is 0.470. The smallest absolute Gasteiger partial charge is 0.115 e. The minimum Gasteiger partial charge on any atom is -0.330 e. The third-order valence-corrected chi connectivity index (χ3v) is 3.21. The molecule has 0 saturated heterocycles. The summed E-state index contributed by atoms with van der Waals surface area (Å²) in [5, 5.41) is 2.08. The van der Waals surface area contributed by atoms with Gasteiger partial charge in [-0.2, -0.15) is 0 Å². The zero-order chi connectivity index (χ0) is 9.68. The van der Waals surface area contributed by atoms with Crippen LogP contribution in [0, 0.1) is 0 Å². The highest BCUT2D eigenvalue weighted by Gasteiger charge is 2.06. The van der Waals surface area contributed by atoms with Gasteiger partial charge >= 0.3 is 0 Å². The predicted molar refractivity (Wildman–Crippen MR) is 58.2 cm³/mol. The first-order valence-electron chi connectivity index (χ1n) is 4.21. The molecule has 4 heteroatoms. The second kappa shape index (κ2) is 5.47. The van der Waals surface area contributed by atoms with E-state index in [1.807, 2.05) is 12.1 Å². The van der Waals surface area contributed by atoms with Crippen LogP contribution >= 0.6 is 23.4 Å². The van der Waals surface area contributed by atoms with Gasteiger partial charge in [0.25, 0.3) is 0 Å². The molecule has 0 aliphatic heterocycles. The van der Waals surface area contributed by atoms with Gasteiger partial charge in [0.15, 0.2) is 0 Å². The lowest BCUT2D eigenvalue weighted by molar-refractivity contribution is 0.821. The molecule has 1 rings (SSSR count). The van der Waals surface area contributed by atoms with Gasteiger partial charge in [0.2, 0.25) is 0 Å². The first kappa shape index (κ1) is 10.8. The first-order chi connectivity index (χ1) is 6.24. The average Bonchev–Trinajstić information content (AvgIpc) is 2.09. The van der Waals surface area contributed by atoms with E-state index >= 15 is 0 Å². The Kier molecular flexibility index (Phi) is 4.56. The van der Waals surface area contributed by atoms with Gasteiger partial charge in [-0.05, 0) is 25.1 Å². The van der Waals surface area contributed by atoms with Crippen molar-refractivity contribution in [2.24, 2.45) is 5.73 Å². The van der Waals surface area contributed by atoms with Gasteiger partial charge < -0.3 is 5.73 Å². The number of hydrogen-bond donors (Lipinski definition) is 1. The van der Waals surface area contributed by atoms with E-state index in [2.05, 4.69) is 11.9 Å². The van der Waals surface area contributed by atoms with Crippen LogP contribution in [0.4, 0.5) is 0 Å². The fourth-order valence-corrected chi connectivity index (χ4v) is 2.13. The standard InChI is InChI=1S/C9H13ClN2S/c1-7(4-5-11)13-9-8(10)3-2-6-12-9/h2-3,6-7H,4-5,11H2,1H3. The summed E-state index contributed by atoms with van der Waals surface area (Å²) in [7, 11) is 0. The largest absolute Gasteiger partial charge is 0.330 e. The van der Waals surface area contributed by atoms with Crippen LogP contribution in [0.25, 0.3) is 0 Å².